The number of benzene rings is 1. The Balaban J connectivity index is 1.82. The lowest BCUT2D eigenvalue weighted by Crippen LogP contribution is -2.72. The number of hydrogen-bond donors (Lipinski definition) is 0. The molecule has 0 N–H and O–H groups in total. The second-order valence-electron chi connectivity index (χ2n) is 7.01. The van der Waals surface area contributed by atoms with Crippen LogP contribution in [-0.2, 0) is 14.3 Å². The molecule has 5 rings (SSSR count). The van der Waals surface area contributed by atoms with Crippen LogP contribution in [0, 0.1) is 10.8 Å². The van der Waals surface area contributed by atoms with Crippen molar-refractivity contribution in [1.82, 2.24) is 4.57 Å². The van der Waals surface area contributed by atoms with Crippen molar-refractivity contribution in [3.05, 3.63) is 36.0 Å². The summed E-state index contributed by atoms with van der Waals surface area (Å²) < 4.78 is 12.0. The molecule has 3 fully saturated rings. The second kappa shape index (κ2) is 4.37. The van der Waals surface area contributed by atoms with Crippen molar-refractivity contribution >= 4 is 22.8 Å². The summed E-state index contributed by atoms with van der Waals surface area (Å²) in [5.41, 5.74) is 1.23. The van der Waals surface area contributed by atoms with Crippen LogP contribution in [0.4, 0.5) is 0 Å². The fourth-order valence-corrected chi connectivity index (χ4v) is 4.94. The summed E-state index contributed by atoms with van der Waals surface area (Å²) in [4.78, 5) is 24.2. The smallest absolute Gasteiger partial charge is 0.338 e. The van der Waals surface area contributed by atoms with Gasteiger partial charge in [-0.15, -0.1) is 0 Å². The van der Waals surface area contributed by atoms with Gasteiger partial charge in [0.05, 0.1) is 31.2 Å². The predicted octanol–water partition coefficient (Wildman–Crippen LogP) is 2.94. The number of nitrogens with zero attached hydrogens (tertiary/aromatic N) is 1. The van der Waals surface area contributed by atoms with Gasteiger partial charge >= 0.3 is 11.9 Å². The molecule has 5 heteroatoms. The summed E-state index contributed by atoms with van der Waals surface area (Å²) in [5.74, 6) is -0.474. The Morgan fingerprint density at radius 1 is 1.17 bits per heavy atom. The predicted molar refractivity (Wildman–Crippen MR) is 84.1 cm³/mol. The van der Waals surface area contributed by atoms with Crippen molar-refractivity contribution in [2.24, 2.45) is 10.8 Å². The van der Waals surface area contributed by atoms with E-state index in [0.29, 0.717) is 5.56 Å². The van der Waals surface area contributed by atoms with E-state index in [2.05, 4.69) is 11.5 Å². The first-order chi connectivity index (χ1) is 11.0. The summed E-state index contributed by atoms with van der Waals surface area (Å²) in [6.07, 6.45) is 3.71. The SMILES string of the molecule is COC(=O)c1cccc2c1ccn2C1C2(C)CC1(C(=O)OC)C2. The van der Waals surface area contributed by atoms with E-state index in [9.17, 15) is 9.59 Å². The first-order valence-corrected chi connectivity index (χ1v) is 7.73. The lowest BCUT2D eigenvalue weighted by Gasteiger charge is -2.73. The Morgan fingerprint density at radius 3 is 2.52 bits per heavy atom. The van der Waals surface area contributed by atoms with E-state index in [4.69, 9.17) is 9.47 Å². The third-order valence-electron chi connectivity index (χ3n) is 5.66. The molecular weight excluding hydrogens is 294 g/mol. The second-order valence-corrected chi connectivity index (χ2v) is 7.01. The average molecular weight is 313 g/mol. The fourth-order valence-electron chi connectivity index (χ4n) is 4.94. The van der Waals surface area contributed by atoms with Crippen molar-refractivity contribution in [1.29, 1.82) is 0 Å². The molecule has 0 spiro atoms. The lowest BCUT2D eigenvalue weighted by atomic mass is 9.32. The van der Waals surface area contributed by atoms with Gasteiger partial charge in [-0.3, -0.25) is 4.79 Å². The van der Waals surface area contributed by atoms with E-state index in [1.807, 2.05) is 24.4 Å². The van der Waals surface area contributed by atoms with Crippen molar-refractivity contribution in [2.45, 2.75) is 25.8 Å². The number of carbonyl (C=O) groups is 2. The maximum absolute atomic E-state index is 12.2. The van der Waals surface area contributed by atoms with Gasteiger partial charge in [-0.25, -0.2) is 4.79 Å². The van der Waals surface area contributed by atoms with E-state index in [-0.39, 0.29) is 23.4 Å². The first-order valence-electron chi connectivity index (χ1n) is 7.73. The van der Waals surface area contributed by atoms with E-state index in [0.717, 1.165) is 23.7 Å². The van der Waals surface area contributed by atoms with Gasteiger partial charge in [-0.05, 0) is 36.5 Å². The zero-order chi connectivity index (χ0) is 16.4. The van der Waals surface area contributed by atoms with Crippen molar-refractivity contribution in [3.8, 4) is 0 Å². The molecule has 1 aromatic heterocycles. The highest BCUT2D eigenvalue weighted by Gasteiger charge is 2.78. The van der Waals surface area contributed by atoms with E-state index in [1.165, 1.54) is 14.2 Å². The topological polar surface area (TPSA) is 57.5 Å². The van der Waals surface area contributed by atoms with Crippen molar-refractivity contribution in [2.75, 3.05) is 14.2 Å². The molecule has 0 radical (unpaired) electrons. The molecule has 0 saturated heterocycles. The number of aromatic nitrogens is 1. The molecule has 1 unspecified atom stereocenters. The summed E-state index contributed by atoms with van der Waals surface area (Å²) in [6.45, 7) is 2.21. The van der Waals surface area contributed by atoms with Gasteiger partial charge in [0, 0.05) is 17.1 Å². The minimum Gasteiger partial charge on any atom is -0.469 e. The number of fused-ring (bicyclic) bond motifs is 1. The highest BCUT2D eigenvalue weighted by atomic mass is 16.5. The van der Waals surface area contributed by atoms with Crippen LogP contribution >= 0.6 is 0 Å². The quantitative estimate of drug-likeness (QED) is 0.818. The number of methoxy groups -OCH3 is 2. The van der Waals surface area contributed by atoms with E-state index in [1.54, 1.807) is 6.07 Å². The Kier molecular flexibility index (Phi) is 2.72. The van der Waals surface area contributed by atoms with Crippen LogP contribution in [0.15, 0.2) is 30.5 Å². The van der Waals surface area contributed by atoms with E-state index >= 15 is 0 Å². The molecule has 3 saturated carbocycles. The van der Waals surface area contributed by atoms with Gasteiger partial charge < -0.3 is 14.0 Å². The van der Waals surface area contributed by atoms with Gasteiger partial charge in [0.1, 0.15) is 0 Å². The van der Waals surface area contributed by atoms with Gasteiger partial charge in [0.15, 0.2) is 0 Å². The number of rotatable bonds is 3. The minimum absolute atomic E-state index is 0.0906. The molecule has 3 aliphatic rings. The van der Waals surface area contributed by atoms with Crippen LogP contribution in [0.2, 0.25) is 0 Å². The third kappa shape index (κ3) is 1.57. The highest BCUT2D eigenvalue weighted by molar-refractivity contribution is 6.04. The van der Waals surface area contributed by atoms with Crippen molar-refractivity contribution < 1.29 is 19.1 Å². The Labute approximate surface area is 134 Å². The average Bonchev–Trinajstić information content (AvgIpc) is 2.93. The zero-order valence-electron chi connectivity index (χ0n) is 13.5. The van der Waals surface area contributed by atoms with Crippen LogP contribution in [0.3, 0.4) is 0 Å². The molecule has 0 amide bonds. The molecule has 5 nitrogen and oxygen atoms in total. The third-order valence-corrected chi connectivity index (χ3v) is 5.66. The normalized spacial score (nSPS) is 31.2. The zero-order valence-corrected chi connectivity index (χ0v) is 13.5. The molecule has 1 aromatic carbocycles. The Bertz CT molecular complexity index is 829. The first kappa shape index (κ1) is 14.3. The molecular formula is C18H19NO4. The van der Waals surface area contributed by atoms with Crippen molar-refractivity contribution in [3.63, 3.8) is 0 Å². The Hall–Kier alpha value is -2.30. The molecule has 120 valence electrons. The van der Waals surface area contributed by atoms with E-state index < -0.39 is 5.41 Å². The molecule has 0 aliphatic heterocycles. The van der Waals surface area contributed by atoms with Gasteiger partial charge in [0.25, 0.3) is 0 Å². The van der Waals surface area contributed by atoms with Crippen LogP contribution in [0.25, 0.3) is 10.9 Å². The summed E-state index contributed by atoms with van der Waals surface area (Å²) in [6, 6.07) is 7.61. The molecule has 1 atom stereocenters. The largest absolute Gasteiger partial charge is 0.469 e. The molecule has 23 heavy (non-hydrogen) atoms. The Morgan fingerprint density at radius 2 is 1.91 bits per heavy atom. The molecule has 2 aromatic rings. The van der Waals surface area contributed by atoms with Crippen LogP contribution in [-0.4, -0.2) is 30.7 Å². The monoisotopic (exact) mass is 313 g/mol. The maximum atomic E-state index is 12.2. The number of esters is 2. The molecule has 3 aliphatic carbocycles. The standard InChI is InChI=1S/C18H19NO4/c1-17-9-18(10-17,16(21)23-3)15(17)19-8-7-11-12(14(20)22-2)5-4-6-13(11)19/h4-8,15H,9-10H2,1-3H3. The number of carbonyl (C=O) groups excluding carboxylic acids is 2. The lowest BCUT2D eigenvalue weighted by molar-refractivity contribution is -0.256. The van der Waals surface area contributed by atoms with Gasteiger partial charge in [-0.2, -0.15) is 0 Å². The molecule has 2 bridgehead atoms. The number of hydrogen-bond acceptors (Lipinski definition) is 4. The summed E-state index contributed by atoms with van der Waals surface area (Å²) >= 11 is 0. The van der Waals surface area contributed by atoms with Crippen LogP contribution in [0.1, 0.15) is 36.2 Å². The maximum Gasteiger partial charge on any atom is 0.338 e. The number of ether oxygens (including phenoxy) is 2. The summed E-state index contributed by atoms with van der Waals surface area (Å²) in [7, 11) is 2.83. The summed E-state index contributed by atoms with van der Waals surface area (Å²) in [5, 5.41) is 0.856. The fraction of sp³-hybridized carbons (Fsp3) is 0.444. The highest BCUT2D eigenvalue weighted by Crippen LogP contribution is 2.79. The van der Waals surface area contributed by atoms with Gasteiger partial charge in [0.2, 0.25) is 0 Å². The molecule has 1 heterocycles. The van der Waals surface area contributed by atoms with Crippen LogP contribution < -0.4 is 0 Å². The van der Waals surface area contributed by atoms with Crippen LogP contribution in [0.5, 0.6) is 0 Å². The minimum atomic E-state index is -0.406. The van der Waals surface area contributed by atoms with Gasteiger partial charge in [-0.1, -0.05) is 13.0 Å².